The zero-order valence-corrected chi connectivity index (χ0v) is 14.4. The largest absolute Gasteiger partial charge is 0.455 e. The predicted octanol–water partition coefficient (Wildman–Crippen LogP) is 2.98. The van der Waals surface area contributed by atoms with E-state index in [1.54, 1.807) is 31.2 Å². The third kappa shape index (κ3) is 3.59. The molecule has 0 spiro atoms. The minimum Gasteiger partial charge on any atom is -0.455 e. The Morgan fingerprint density at radius 3 is 2.78 bits per heavy atom. The number of hydrogen-bond donors (Lipinski definition) is 0. The van der Waals surface area contributed by atoms with Gasteiger partial charge in [-0.25, -0.2) is 14.5 Å². The minimum atomic E-state index is -0.464. The molecule has 0 saturated carbocycles. The maximum atomic E-state index is 12.4. The van der Waals surface area contributed by atoms with Gasteiger partial charge in [0.05, 0.1) is 11.3 Å². The highest BCUT2D eigenvalue weighted by atomic mass is 16.5. The average Bonchev–Trinajstić information content (AvgIpc) is 3.37. The van der Waals surface area contributed by atoms with Crippen molar-refractivity contribution in [2.75, 3.05) is 0 Å². The van der Waals surface area contributed by atoms with Gasteiger partial charge < -0.3 is 9.15 Å². The summed E-state index contributed by atoms with van der Waals surface area (Å²) < 4.78 is 12.5. The van der Waals surface area contributed by atoms with Gasteiger partial charge in [0.25, 0.3) is 0 Å². The summed E-state index contributed by atoms with van der Waals surface area (Å²) in [5.41, 5.74) is 2.51. The summed E-state index contributed by atoms with van der Waals surface area (Å²) in [6, 6.07) is 16.4. The Balaban J connectivity index is 1.47. The number of hydrogen-bond acceptors (Lipinski definition) is 7. The van der Waals surface area contributed by atoms with Crippen LogP contribution in [0, 0.1) is 6.92 Å². The Bertz CT molecular complexity index is 1060. The Morgan fingerprint density at radius 1 is 1.15 bits per heavy atom. The first-order valence-electron chi connectivity index (χ1n) is 8.23. The third-order valence-electron chi connectivity index (χ3n) is 3.95. The summed E-state index contributed by atoms with van der Waals surface area (Å²) >= 11 is 0. The summed E-state index contributed by atoms with van der Waals surface area (Å²) in [4.78, 5) is 16.8. The van der Waals surface area contributed by atoms with Gasteiger partial charge in [0.1, 0.15) is 24.4 Å². The van der Waals surface area contributed by atoms with E-state index in [1.165, 1.54) is 11.0 Å². The molecule has 2 heterocycles. The van der Waals surface area contributed by atoms with E-state index in [1.807, 2.05) is 30.3 Å². The van der Waals surface area contributed by atoms with Crippen LogP contribution < -0.4 is 0 Å². The fourth-order valence-electron chi connectivity index (χ4n) is 2.54. The summed E-state index contributed by atoms with van der Waals surface area (Å²) in [5.74, 6) is 0.650. The van der Waals surface area contributed by atoms with Gasteiger partial charge in [0, 0.05) is 5.56 Å². The molecule has 4 aromatic rings. The first-order valence-corrected chi connectivity index (χ1v) is 8.23. The van der Waals surface area contributed by atoms with Crippen molar-refractivity contribution in [1.29, 1.82) is 0 Å². The second-order valence-corrected chi connectivity index (χ2v) is 5.77. The van der Waals surface area contributed by atoms with E-state index in [0.29, 0.717) is 28.6 Å². The van der Waals surface area contributed by atoms with Crippen molar-refractivity contribution in [2.45, 2.75) is 13.5 Å². The van der Waals surface area contributed by atoms with E-state index in [0.717, 1.165) is 5.56 Å². The number of nitrogens with zero attached hydrogens (tertiary/aromatic N) is 5. The number of oxazole rings is 1. The first kappa shape index (κ1) is 16.6. The molecule has 8 nitrogen and oxygen atoms in total. The summed E-state index contributed by atoms with van der Waals surface area (Å²) in [7, 11) is 0. The molecule has 0 aliphatic rings. The smallest absolute Gasteiger partial charge is 0.338 e. The van der Waals surface area contributed by atoms with Crippen molar-refractivity contribution in [3.8, 4) is 17.1 Å². The second kappa shape index (κ2) is 7.20. The van der Waals surface area contributed by atoms with Crippen LogP contribution >= 0.6 is 0 Å². The fraction of sp³-hybridized carbons (Fsp3) is 0.105. The van der Waals surface area contributed by atoms with Crippen LogP contribution in [0.5, 0.6) is 0 Å². The Hall–Kier alpha value is -3.81. The maximum Gasteiger partial charge on any atom is 0.338 e. The number of carbonyl (C=O) groups excluding carboxylic acids is 1. The summed E-state index contributed by atoms with van der Waals surface area (Å²) in [6.45, 7) is 1.82. The number of esters is 1. The van der Waals surface area contributed by atoms with Gasteiger partial charge in [-0.3, -0.25) is 0 Å². The molecule has 0 aliphatic heterocycles. The number of aromatic nitrogens is 5. The molecule has 0 bridgehead atoms. The molecule has 134 valence electrons. The van der Waals surface area contributed by atoms with Gasteiger partial charge in [-0.15, -0.1) is 5.10 Å². The Labute approximate surface area is 154 Å². The molecule has 8 heteroatoms. The van der Waals surface area contributed by atoms with E-state index < -0.39 is 5.97 Å². The molecule has 0 N–H and O–H groups in total. The van der Waals surface area contributed by atoms with Crippen molar-refractivity contribution in [3.05, 3.63) is 77.9 Å². The summed E-state index contributed by atoms with van der Waals surface area (Å²) in [5, 5.41) is 11.0. The van der Waals surface area contributed by atoms with Gasteiger partial charge >= 0.3 is 5.97 Å². The Morgan fingerprint density at radius 2 is 2.00 bits per heavy atom. The van der Waals surface area contributed by atoms with Crippen LogP contribution in [-0.4, -0.2) is 31.2 Å². The molecule has 2 aromatic heterocycles. The fourth-order valence-corrected chi connectivity index (χ4v) is 2.54. The van der Waals surface area contributed by atoms with Crippen molar-refractivity contribution in [2.24, 2.45) is 0 Å². The van der Waals surface area contributed by atoms with E-state index in [2.05, 4.69) is 20.5 Å². The van der Waals surface area contributed by atoms with E-state index in [-0.39, 0.29) is 6.61 Å². The number of benzene rings is 2. The lowest BCUT2D eigenvalue weighted by molar-refractivity contribution is 0.0467. The van der Waals surface area contributed by atoms with Gasteiger partial charge in [-0.05, 0) is 47.7 Å². The highest BCUT2D eigenvalue weighted by molar-refractivity contribution is 5.90. The normalized spacial score (nSPS) is 10.7. The van der Waals surface area contributed by atoms with Gasteiger partial charge in [-0.1, -0.05) is 24.3 Å². The molecule has 0 saturated heterocycles. The molecule has 0 atom stereocenters. The minimum absolute atomic E-state index is 0.0239. The van der Waals surface area contributed by atoms with Crippen molar-refractivity contribution >= 4 is 5.97 Å². The highest BCUT2D eigenvalue weighted by Gasteiger charge is 2.15. The molecule has 0 fully saturated rings. The molecule has 4 rings (SSSR count). The lowest BCUT2D eigenvalue weighted by Crippen LogP contribution is -2.07. The zero-order valence-electron chi connectivity index (χ0n) is 14.4. The van der Waals surface area contributed by atoms with Crippen LogP contribution in [0.3, 0.4) is 0 Å². The number of rotatable bonds is 5. The van der Waals surface area contributed by atoms with Crippen LogP contribution in [0.15, 0.2) is 65.3 Å². The first-order chi connectivity index (χ1) is 13.2. The number of aryl methyl sites for hydroxylation is 1. The number of ether oxygens (including phenoxy) is 1. The highest BCUT2D eigenvalue weighted by Crippen LogP contribution is 2.22. The molecule has 0 unspecified atom stereocenters. The molecule has 0 radical (unpaired) electrons. The van der Waals surface area contributed by atoms with Crippen LogP contribution in [0.1, 0.15) is 21.8 Å². The standard InChI is InChI=1S/C19H15N5O3/c1-13-17(21-18(27-13)14-6-3-2-4-7-14)11-26-19(25)15-8-5-9-16(10-15)24-12-20-22-23-24/h2-10,12H,11H2,1H3. The SMILES string of the molecule is Cc1oc(-c2ccccc2)nc1COC(=O)c1cccc(-n2cnnn2)c1. The lowest BCUT2D eigenvalue weighted by atomic mass is 10.2. The topological polar surface area (TPSA) is 95.9 Å². The predicted molar refractivity (Wildman–Crippen MR) is 94.9 cm³/mol. The lowest BCUT2D eigenvalue weighted by Gasteiger charge is -2.05. The zero-order chi connectivity index (χ0) is 18.6. The van der Waals surface area contributed by atoms with E-state index in [4.69, 9.17) is 9.15 Å². The Kier molecular flexibility index (Phi) is 4.44. The monoisotopic (exact) mass is 361 g/mol. The molecule has 2 aromatic carbocycles. The average molecular weight is 361 g/mol. The van der Waals surface area contributed by atoms with Gasteiger partial charge in [-0.2, -0.15) is 0 Å². The molecular weight excluding hydrogens is 346 g/mol. The molecule has 0 amide bonds. The quantitative estimate of drug-likeness (QED) is 0.504. The molecular formula is C19H15N5O3. The maximum absolute atomic E-state index is 12.4. The molecule has 0 aliphatic carbocycles. The van der Waals surface area contributed by atoms with Crippen LogP contribution in [0.4, 0.5) is 0 Å². The van der Waals surface area contributed by atoms with E-state index in [9.17, 15) is 4.79 Å². The molecule has 27 heavy (non-hydrogen) atoms. The third-order valence-corrected chi connectivity index (χ3v) is 3.95. The van der Waals surface area contributed by atoms with Crippen LogP contribution in [-0.2, 0) is 11.3 Å². The van der Waals surface area contributed by atoms with Crippen LogP contribution in [0.2, 0.25) is 0 Å². The van der Waals surface area contributed by atoms with Gasteiger partial charge in [0.2, 0.25) is 5.89 Å². The number of tetrazole rings is 1. The van der Waals surface area contributed by atoms with Crippen molar-refractivity contribution in [1.82, 2.24) is 25.2 Å². The van der Waals surface area contributed by atoms with Gasteiger partial charge in [0.15, 0.2) is 0 Å². The van der Waals surface area contributed by atoms with Crippen molar-refractivity contribution in [3.63, 3.8) is 0 Å². The number of carbonyl (C=O) groups is 1. The van der Waals surface area contributed by atoms with Crippen molar-refractivity contribution < 1.29 is 13.9 Å². The summed E-state index contributed by atoms with van der Waals surface area (Å²) in [6.07, 6.45) is 1.45. The second-order valence-electron chi connectivity index (χ2n) is 5.77. The van der Waals surface area contributed by atoms with Crippen LogP contribution in [0.25, 0.3) is 17.1 Å². The van der Waals surface area contributed by atoms with E-state index >= 15 is 0 Å².